The van der Waals surface area contributed by atoms with Gasteiger partial charge in [0, 0.05) is 28.9 Å². The van der Waals surface area contributed by atoms with Gasteiger partial charge in [0.2, 0.25) is 0 Å². The third kappa shape index (κ3) is 3.77. The van der Waals surface area contributed by atoms with E-state index in [0.29, 0.717) is 22.6 Å². The summed E-state index contributed by atoms with van der Waals surface area (Å²) in [5, 5.41) is 0. The van der Waals surface area contributed by atoms with E-state index in [1.54, 1.807) is 0 Å². The molecule has 1 aromatic carbocycles. The van der Waals surface area contributed by atoms with Crippen LogP contribution in [0.4, 0.5) is 52.7 Å². The molecule has 2 nitrogen and oxygen atoms in total. The second-order valence-corrected chi connectivity index (χ2v) is 6.51. The van der Waals surface area contributed by atoms with Crippen LogP contribution in [0, 0.1) is 3.57 Å². The Kier molecular flexibility index (Phi) is 6.85. The van der Waals surface area contributed by atoms with Gasteiger partial charge in [-0.2, -0.15) is 52.7 Å². The van der Waals surface area contributed by atoms with Crippen molar-refractivity contribution < 1.29 is 62.2 Å². The molecule has 0 saturated heterocycles. The van der Waals surface area contributed by atoms with Gasteiger partial charge in [0.15, 0.2) is 0 Å². The molecule has 0 aliphatic carbocycles. The van der Waals surface area contributed by atoms with Gasteiger partial charge in [0.1, 0.15) is 0 Å². The Hall–Kier alpha value is -0.970. The van der Waals surface area contributed by atoms with Crippen molar-refractivity contribution >= 4 is 22.6 Å². The first-order valence-electron chi connectivity index (χ1n) is 6.93. The number of halogens is 13. The summed E-state index contributed by atoms with van der Waals surface area (Å²) in [6, 6.07) is 0.329. The van der Waals surface area contributed by atoms with E-state index in [4.69, 9.17) is 0 Å². The molecule has 0 spiro atoms. The highest BCUT2D eigenvalue weighted by molar-refractivity contribution is 14.1. The van der Waals surface area contributed by atoms with E-state index in [2.05, 4.69) is 9.47 Å². The standard InChI is InChI=1S/C14H9F12IO2/c1-28-9(11(15,16)17,12(18,19)20)6-4-3-5-7(8(6)27)10(29-2,13(21,22)23)14(24,25)26/h3-5H,1-2H3. The molecule has 0 aliphatic rings. The first kappa shape index (κ1) is 26.1. The van der Waals surface area contributed by atoms with Crippen LogP contribution in [0.15, 0.2) is 18.2 Å². The zero-order valence-electron chi connectivity index (χ0n) is 14.0. The predicted molar refractivity (Wildman–Crippen MR) is 80.8 cm³/mol. The van der Waals surface area contributed by atoms with Crippen LogP contribution in [-0.4, -0.2) is 38.9 Å². The first-order chi connectivity index (χ1) is 12.8. The van der Waals surface area contributed by atoms with E-state index in [0.717, 1.165) is 0 Å². The van der Waals surface area contributed by atoms with Crippen molar-refractivity contribution in [3.05, 3.63) is 32.9 Å². The summed E-state index contributed by atoms with van der Waals surface area (Å²) in [5.41, 5.74) is -14.4. The molecule has 0 aromatic heterocycles. The summed E-state index contributed by atoms with van der Waals surface area (Å²) in [6.45, 7) is 0. The number of ether oxygens (including phenoxy) is 2. The van der Waals surface area contributed by atoms with Gasteiger partial charge in [-0.1, -0.05) is 18.2 Å². The molecule has 1 aromatic rings. The van der Waals surface area contributed by atoms with Crippen molar-refractivity contribution in [1.29, 1.82) is 0 Å². The molecule has 15 heteroatoms. The zero-order chi connectivity index (χ0) is 23.3. The second kappa shape index (κ2) is 7.62. The van der Waals surface area contributed by atoms with Gasteiger partial charge in [-0.3, -0.25) is 0 Å². The van der Waals surface area contributed by atoms with Crippen LogP contribution in [0.2, 0.25) is 0 Å². The lowest BCUT2D eigenvalue weighted by molar-refractivity contribution is -0.385. The molecule has 29 heavy (non-hydrogen) atoms. The molecule has 0 radical (unpaired) electrons. The molecule has 168 valence electrons. The summed E-state index contributed by atoms with van der Waals surface area (Å²) in [7, 11) is -0.0539. The average molecular weight is 564 g/mol. The summed E-state index contributed by atoms with van der Waals surface area (Å²) >= 11 is 0.538. The minimum absolute atomic E-state index is 0.0270. The maximum absolute atomic E-state index is 13.4. The van der Waals surface area contributed by atoms with Crippen molar-refractivity contribution in [3.63, 3.8) is 0 Å². The number of alkyl halides is 12. The van der Waals surface area contributed by atoms with Gasteiger partial charge in [-0.25, -0.2) is 0 Å². The molecule has 1 rings (SSSR count). The molecule has 0 atom stereocenters. The Morgan fingerprint density at radius 1 is 0.586 bits per heavy atom. The lowest BCUT2D eigenvalue weighted by atomic mass is 9.85. The van der Waals surface area contributed by atoms with Crippen LogP contribution in [0.25, 0.3) is 0 Å². The molecular weight excluding hydrogens is 555 g/mol. The molecule has 0 aliphatic heterocycles. The Morgan fingerprint density at radius 2 is 0.828 bits per heavy atom. The topological polar surface area (TPSA) is 18.5 Å². The van der Waals surface area contributed by atoms with Crippen molar-refractivity contribution in [3.8, 4) is 0 Å². The van der Waals surface area contributed by atoms with Gasteiger partial charge < -0.3 is 9.47 Å². The smallest absolute Gasteiger partial charge is 0.357 e. The number of rotatable bonds is 4. The van der Waals surface area contributed by atoms with Crippen LogP contribution in [0.3, 0.4) is 0 Å². The first-order valence-corrected chi connectivity index (χ1v) is 8.00. The maximum Gasteiger partial charge on any atom is 0.430 e. The van der Waals surface area contributed by atoms with Gasteiger partial charge in [0.05, 0.1) is 0 Å². The van der Waals surface area contributed by atoms with Crippen LogP contribution >= 0.6 is 22.6 Å². The maximum atomic E-state index is 13.4. The van der Waals surface area contributed by atoms with Crippen molar-refractivity contribution in [1.82, 2.24) is 0 Å². The quantitative estimate of drug-likeness (QED) is 0.320. The van der Waals surface area contributed by atoms with Crippen LogP contribution in [0.5, 0.6) is 0 Å². The van der Waals surface area contributed by atoms with E-state index >= 15 is 0 Å². The second-order valence-electron chi connectivity index (χ2n) is 5.43. The summed E-state index contributed by atoms with van der Waals surface area (Å²) in [5.74, 6) is 0. The lowest BCUT2D eigenvalue weighted by Crippen LogP contribution is -2.58. The molecule has 0 saturated carbocycles. The van der Waals surface area contributed by atoms with Crippen LogP contribution < -0.4 is 0 Å². The molecule has 0 fully saturated rings. The monoisotopic (exact) mass is 564 g/mol. The van der Waals surface area contributed by atoms with Crippen molar-refractivity contribution in [2.45, 2.75) is 35.9 Å². The molecule has 0 amide bonds. The third-order valence-corrected chi connectivity index (χ3v) is 5.13. The summed E-state index contributed by atoms with van der Waals surface area (Å²) in [4.78, 5) is 0. The van der Waals surface area contributed by atoms with Gasteiger partial charge in [-0.15, -0.1) is 0 Å². The molecule has 0 bridgehead atoms. The van der Waals surface area contributed by atoms with Crippen molar-refractivity contribution in [2.75, 3.05) is 14.2 Å². The SMILES string of the molecule is COC(c1cccc(C(OC)(C(F)(F)F)C(F)(F)F)c1I)(C(F)(F)F)C(F)(F)F. The number of benzene rings is 1. The molecule has 0 unspecified atom stereocenters. The Bertz CT molecular complexity index is 646. The minimum atomic E-state index is -6.29. The highest BCUT2D eigenvalue weighted by atomic mass is 127. The minimum Gasteiger partial charge on any atom is -0.357 e. The van der Waals surface area contributed by atoms with Crippen LogP contribution in [0.1, 0.15) is 11.1 Å². The normalized spacial score (nSPS) is 15.0. The fraction of sp³-hybridized carbons (Fsp3) is 0.571. The molecule has 0 heterocycles. The highest BCUT2D eigenvalue weighted by Gasteiger charge is 2.76. The van der Waals surface area contributed by atoms with E-state index < -0.39 is 50.6 Å². The summed E-state index contributed by atoms with van der Waals surface area (Å²) < 4.78 is 166. The fourth-order valence-electron chi connectivity index (χ4n) is 2.69. The Labute approximate surface area is 168 Å². The lowest BCUT2D eigenvalue weighted by Gasteiger charge is -2.40. The summed E-state index contributed by atoms with van der Waals surface area (Å²) in [6.07, 6.45) is -25.1. The number of hydrogen-bond donors (Lipinski definition) is 0. The van der Waals surface area contributed by atoms with Gasteiger partial charge >= 0.3 is 24.7 Å². The third-order valence-electron chi connectivity index (χ3n) is 3.97. The highest BCUT2D eigenvalue weighted by Crippen LogP contribution is 2.57. The van der Waals surface area contributed by atoms with Gasteiger partial charge in [0.25, 0.3) is 11.2 Å². The largest absolute Gasteiger partial charge is 0.430 e. The Morgan fingerprint density at radius 3 is 1.00 bits per heavy atom. The molecular formula is C14H9F12IO2. The van der Waals surface area contributed by atoms with Gasteiger partial charge in [-0.05, 0) is 22.6 Å². The van der Waals surface area contributed by atoms with E-state index in [1.807, 2.05) is 0 Å². The van der Waals surface area contributed by atoms with E-state index in [1.165, 1.54) is 0 Å². The predicted octanol–water partition coefficient (Wildman–Crippen LogP) is 6.22. The molecule has 0 N–H and O–H groups in total. The van der Waals surface area contributed by atoms with E-state index in [9.17, 15) is 52.7 Å². The Balaban J connectivity index is 4.14. The number of hydrogen-bond acceptors (Lipinski definition) is 2. The average Bonchev–Trinajstić information content (AvgIpc) is 2.46. The number of methoxy groups -OCH3 is 2. The zero-order valence-corrected chi connectivity index (χ0v) is 16.1. The van der Waals surface area contributed by atoms with Crippen molar-refractivity contribution in [2.24, 2.45) is 0 Å². The fourth-order valence-corrected chi connectivity index (χ4v) is 3.81. The van der Waals surface area contributed by atoms with Crippen LogP contribution in [-0.2, 0) is 20.7 Å². The van der Waals surface area contributed by atoms with E-state index in [-0.39, 0.29) is 32.4 Å².